The first-order valence-corrected chi connectivity index (χ1v) is 12.3. The van der Waals surface area contributed by atoms with E-state index in [2.05, 4.69) is 11.0 Å². The predicted octanol–water partition coefficient (Wildman–Crippen LogP) is 0.859. The van der Waals surface area contributed by atoms with Gasteiger partial charge in [0.1, 0.15) is 0 Å². The number of rotatable bonds is 6. The van der Waals surface area contributed by atoms with Crippen molar-refractivity contribution in [2.45, 2.75) is 38.8 Å². The number of halogens is 1. The number of carbonyl (C=O) groups is 1. The van der Waals surface area contributed by atoms with Crippen LogP contribution in [0.4, 0.5) is 5.69 Å². The molecule has 0 bridgehead atoms. The Morgan fingerprint density at radius 2 is 2.07 bits per heavy atom. The van der Waals surface area contributed by atoms with Crippen molar-refractivity contribution in [1.82, 2.24) is 4.90 Å². The van der Waals surface area contributed by atoms with E-state index in [-0.39, 0.29) is 29.5 Å². The molecule has 1 amide bonds. The maximum atomic E-state index is 13.1. The minimum atomic E-state index is -3.01. The van der Waals surface area contributed by atoms with Crippen LogP contribution in [0.15, 0.2) is 24.3 Å². The summed E-state index contributed by atoms with van der Waals surface area (Å²) in [6.45, 7) is 8.03. The standard InChI is InChI=1S/C20H30ClN3O3S/c1-3-16(2)24(19-7-12-28(26,27)15-19)20(25)14-22-8-10-23(11-9-22)18-6-4-5-17(21)13-18/h4-6,13,16,19H,3,7-12,14-15H2,1-2H3/p+1/t16-,19-/m1/s1. The summed E-state index contributed by atoms with van der Waals surface area (Å²) in [5.74, 6) is 0.395. The van der Waals surface area contributed by atoms with E-state index in [1.807, 2.05) is 36.9 Å². The second-order valence-corrected chi connectivity index (χ2v) is 10.7. The summed E-state index contributed by atoms with van der Waals surface area (Å²) in [6, 6.07) is 7.77. The first-order valence-electron chi connectivity index (χ1n) is 10.1. The van der Waals surface area contributed by atoms with Gasteiger partial charge in [0.15, 0.2) is 16.4 Å². The lowest BCUT2D eigenvalue weighted by atomic mass is 10.1. The number of amides is 1. The van der Waals surface area contributed by atoms with Crippen molar-refractivity contribution in [1.29, 1.82) is 0 Å². The molecule has 2 aliphatic rings. The first-order chi connectivity index (χ1) is 13.3. The van der Waals surface area contributed by atoms with Gasteiger partial charge in [0.2, 0.25) is 0 Å². The van der Waals surface area contributed by atoms with E-state index in [1.165, 1.54) is 4.90 Å². The zero-order chi connectivity index (χ0) is 20.3. The van der Waals surface area contributed by atoms with Gasteiger partial charge in [-0.15, -0.1) is 0 Å². The topological polar surface area (TPSA) is 62.1 Å². The maximum Gasteiger partial charge on any atom is 0.278 e. The highest BCUT2D eigenvalue weighted by Crippen LogP contribution is 2.21. The Morgan fingerprint density at radius 1 is 1.36 bits per heavy atom. The number of sulfone groups is 1. The van der Waals surface area contributed by atoms with Crippen LogP contribution in [-0.2, 0) is 14.6 Å². The highest BCUT2D eigenvalue weighted by Gasteiger charge is 2.37. The summed E-state index contributed by atoms with van der Waals surface area (Å²) in [5, 5.41) is 0.734. The van der Waals surface area contributed by atoms with Gasteiger partial charge in [0.25, 0.3) is 5.91 Å². The highest BCUT2D eigenvalue weighted by atomic mass is 35.5. The number of hydrogen-bond acceptors (Lipinski definition) is 4. The van der Waals surface area contributed by atoms with Gasteiger partial charge in [-0.25, -0.2) is 8.42 Å². The Morgan fingerprint density at radius 3 is 2.64 bits per heavy atom. The van der Waals surface area contributed by atoms with E-state index in [1.54, 1.807) is 0 Å². The van der Waals surface area contributed by atoms with Crippen LogP contribution in [-0.4, -0.2) is 75.5 Å². The van der Waals surface area contributed by atoms with Gasteiger partial charge in [-0.05, 0) is 38.0 Å². The van der Waals surface area contributed by atoms with Gasteiger partial charge in [-0.3, -0.25) is 4.79 Å². The van der Waals surface area contributed by atoms with Crippen LogP contribution in [0, 0.1) is 0 Å². The maximum absolute atomic E-state index is 13.1. The van der Waals surface area contributed by atoms with E-state index < -0.39 is 9.84 Å². The van der Waals surface area contributed by atoms with Crippen LogP contribution in [0.25, 0.3) is 0 Å². The van der Waals surface area contributed by atoms with Gasteiger partial charge >= 0.3 is 0 Å². The van der Waals surface area contributed by atoms with Gasteiger partial charge in [0.05, 0.1) is 37.7 Å². The first kappa shape index (κ1) is 21.4. The van der Waals surface area contributed by atoms with Gasteiger partial charge in [-0.1, -0.05) is 24.6 Å². The van der Waals surface area contributed by atoms with Crippen molar-refractivity contribution in [3.05, 3.63) is 29.3 Å². The summed E-state index contributed by atoms with van der Waals surface area (Å²) < 4.78 is 23.8. The quantitative estimate of drug-likeness (QED) is 0.730. The predicted molar refractivity (Wildman–Crippen MR) is 113 cm³/mol. The number of nitrogens with one attached hydrogen (secondary N) is 1. The van der Waals surface area contributed by atoms with Crippen LogP contribution in [0.2, 0.25) is 5.02 Å². The average molecular weight is 429 g/mol. The number of nitrogens with zero attached hydrogens (tertiary/aromatic N) is 2. The molecule has 0 radical (unpaired) electrons. The van der Waals surface area contributed by atoms with Gasteiger partial charge < -0.3 is 14.7 Å². The van der Waals surface area contributed by atoms with E-state index in [0.717, 1.165) is 43.3 Å². The van der Waals surface area contributed by atoms with E-state index >= 15 is 0 Å². The Hall–Kier alpha value is -1.31. The molecule has 0 aliphatic carbocycles. The van der Waals surface area contributed by atoms with Crippen molar-refractivity contribution in [2.24, 2.45) is 0 Å². The Balaban J connectivity index is 1.58. The van der Waals surface area contributed by atoms with Crippen LogP contribution >= 0.6 is 11.6 Å². The molecule has 3 rings (SSSR count). The van der Waals surface area contributed by atoms with Crippen molar-refractivity contribution >= 4 is 33.0 Å². The number of anilines is 1. The third kappa shape index (κ3) is 5.19. The fourth-order valence-electron chi connectivity index (χ4n) is 4.24. The van der Waals surface area contributed by atoms with Gasteiger partial charge in [0, 0.05) is 22.8 Å². The molecule has 2 atom stereocenters. The molecule has 0 spiro atoms. The zero-order valence-electron chi connectivity index (χ0n) is 16.7. The molecule has 0 saturated carbocycles. The molecule has 2 heterocycles. The fraction of sp³-hybridized carbons (Fsp3) is 0.650. The van der Waals surface area contributed by atoms with E-state index in [9.17, 15) is 13.2 Å². The molecule has 6 nitrogen and oxygen atoms in total. The molecule has 156 valence electrons. The van der Waals surface area contributed by atoms with Crippen LogP contribution in [0.3, 0.4) is 0 Å². The number of benzene rings is 1. The van der Waals surface area contributed by atoms with Crippen LogP contribution in [0.5, 0.6) is 0 Å². The monoisotopic (exact) mass is 428 g/mol. The van der Waals surface area contributed by atoms with E-state index in [0.29, 0.717) is 13.0 Å². The Bertz CT molecular complexity index is 794. The lowest BCUT2D eigenvalue weighted by Gasteiger charge is -2.37. The summed E-state index contributed by atoms with van der Waals surface area (Å²) in [7, 11) is -3.01. The SMILES string of the molecule is CC[C@@H](C)N(C(=O)C[NH+]1CCN(c2cccc(Cl)c2)CC1)[C@@H]1CCS(=O)(=O)C1. The molecule has 2 aliphatic heterocycles. The molecule has 1 aromatic rings. The number of piperazine rings is 1. The molecule has 1 aromatic carbocycles. The van der Waals surface area contributed by atoms with Gasteiger partial charge in [-0.2, -0.15) is 0 Å². The molecule has 0 aromatic heterocycles. The minimum absolute atomic E-state index is 0.0675. The number of quaternary nitrogens is 1. The molecule has 1 N–H and O–H groups in total. The van der Waals surface area contributed by atoms with E-state index in [4.69, 9.17) is 11.6 Å². The average Bonchev–Trinajstić information content (AvgIpc) is 3.01. The molecule has 0 unspecified atom stereocenters. The molecule has 28 heavy (non-hydrogen) atoms. The second kappa shape index (κ2) is 9.01. The smallest absolute Gasteiger partial charge is 0.278 e. The lowest BCUT2D eigenvalue weighted by Crippen LogP contribution is -3.16. The highest BCUT2D eigenvalue weighted by molar-refractivity contribution is 7.91. The summed E-state index contributed by atoms with van der Waals surface area (Å²) in [6.07, 6.45) is 1.40. The van der Waals surface area contributed by atoms with Crippen molar-refractivity contribution < 1.29 is 18.1 Å². The normalized spacial score (nSPS) is 23.5. The third-order valence-electron chi connectivity index (χ3n) is 6.00. The molecular weight excluding hydrogens is 398 g/mol. The Labute approximate surface area is 173 Å². The third-order valence-corrected chi connectivity index (χ3v) is 7.99. The molecule has 2 fully saturated rings. The Kier molecular flexibility index (Phi) is 6.89. The zero-order valence-corrected chi connectivity index (χ0v) is 18.3. The van der Waals surface area contributed by atoms with Crippen molar-refractivity contribution in [3.63, 3.8) is 0 Å². The van der Waals surface area contributed by atoms with Crippen molar-refractivity contribution in [3.8, 4) is 0 Å². The fourth-order valence-corrected chi connectivity index (χ4v) is 6.13. The summed E-state index contributed by atoms with van der Waals surface area (Å²) >= 11 is 6.10. The lowest BCUT2D eigenvalue weighted by molar-refractivity contribution is -0.892. The molecule has 2 saturated heterocycles. The molecular formula is C20H31ClN3O3S+. The largest absolute Gasteiger partial charge is 0.360 e. The number of carbonyl (C=O) groups excluding carboxylic acids is 1. The van der Waals surface area contributed by atoms with Crippen LogP contribution in [0.1, 0.15) is 26.7 Å². The summed E-state index contributed by atoms with van der Waals surface area (Å²) in [4.78, 5) is 18.5. The number of hydrogen-bond donors (Lipinski definition) is 1. The van der Waals surface area contributed by atoms with Crippen molar-refractivity contribution in [2.75, 3.05) is 49.1 Å². The van der Waals surface area contributed by atoms with Crippen LogP contribution < -0.4 is 9.80 Å². The second-order valence-electron chi connectivity index (χ2n) is 8.01. The molecule has 8 heteroatoms. The summed E-state index contributed by atoms with van der Waals surface area (Å²) in [5.41, 5.74) is 1.12. The minimum Gasteiger partial charge on any atom is -0.360 e.